The summed E-state index contributed by atoms with van der Waals surface area (Å²) in [5.41, 5.74) is 1.65. The Bertz CT molecular complexity index is 1070. The summed E-state index contributed by atoms with van der Waals surface area (Å²) in [7, 11) is 0. The Morgan fingerprint density at radius 1 is 1.36 bits per heavy atom. The summed E-state index contributed by atoms with van der Waals surface area (Å²) in [6, 6.07) is 3.92. The molecule has 2 heterocycles. The molecular formula is C16H15FN6O5. The lowest BCUT2D eigenvalue weighted by Gasteiger charge is -2.30. The van der Waals surface area contributed by atoms with Crippen LogP contribution in [0.1, 0.15) is 17.2 Å². The number of rotatable bonds is 7. The zero-order chi connectivity index (χ0) is 19.7. The number of benzene rings is 1. The minimum Gasteiger partial charge on any atom is -0.395 e. The Balaban J connectivity index is 1.60. The molecule has 1 aromatic carbocycles. The van der Waals surface area contributed by atoms with Gasteiger partial charge in [0, 0.05) is 6.54 Å². The van der Waals surface area contributed by atoms with Crippen molar-refractivity contribution in [3.05, 3.63) is 45.7 Å². The molecule has 0 spiro atoms. The number of halogens is 1. The van der Waals surface area contributed by atoms with E-state index >= 15 is 0 Å². The van der Waals surface area contributed by atoms with E-state index in [9.17, 15) is 14.0 Å². The van der Waals surface area contributed by atoms with Gasteiger partial charge >= 0.3 is 5.76 Å². The third kappa shape index (κ3) is 3.13. The number of aliphatic hydroxyl groups excluding tert-OH is 1. The van der Waals surface area contributed by atoms with Crippen molar-refractivity contribution in [1.82, 2.24) is 25.4 Å². The van der Waals surface area contributed by atoms with E-state index in [0.717, 1.165) is 5.56 Å². The summed E-state index contributed by atoms with van der Waals surface area (Å²) in [4.78, 5) is 23.9. The molecule has 0 radical (unpaired) electrons. The van der Waals surface area contributed by atoms with Gasteiger partial charge in [0.1, 0.15) is 5.82 Å². The first-order valence-electron chi connectivity index (χ1n) is 8.39. The number of carbonyl (C=O) groups excluding carboxylic acids is 1. The van der Waals surface area contributed by atoms with Gasteiger partial charge in [-0.15, -0.1) is 0 Å². The highest BCUT2D eigenvalue weighted by molar-refractivity contribution is 5.81. The van der Waals surface area contributed by atoms with Gasteiger partial charge < -0.3 is 15.7 Å². The first-order valence-corrected chi connectivity index (χ1v) is 8.39. The number of fused-ring (bicyclic) bond motifs is 1. The molecule has 146 valence electrons. The van der Waals surface area contributed by atoms with E-state index in [0.29, 0.717) is 12.0 Å². The highest BCUT2D eigenvalue weighted by Gasteiger charge is 2.34. The molecule has 28 heavy (non-hydrogen) atoms. The lowest BCUT2D eigenvalue weighted by atomic mass is 9.83. The van der Waals surface area contributed by atoms with E-state index in [2.05, 4.69) is 26.1 Å². The van der Waals surface area contributed by atoms with Crippen molar-refractivity contribution < 1.29 is 23.4 Å². The van der Waals surface area contributed by atoms with Crippen LogP contribution in [0.2, 0.25) is 0 Å². The smallest absolute Gasteiger partial charge is 0.395 e. The van der Waals surface area contributed by atoms with Crippen LogP contribution in [0.25, 0.3) is 11.5 Å². The molecule has 1 aliphatic carbocycles. The molecule has 1 atom stereocenters. The Morgan fingerprint density at radius 3 is 3.04 bits per heavy atom. The van der Waals surface area contributed by atoms with Crippen molar-refractivity contribution in [3.8, 4) is 11.5 Å². The first-order chi connectivity index (χ1) is 13.6. The van der Waals surface area contributed by atoms with Gasteiger partial charge in [-0.3, -0.25) is 9.32 Å². The van der Waals surface area contributed by atoms with Crippen LogP contribution in [0.15, 0.2) is 32.1 Å². The van der Waals surface area contributed by atoms with Crippen molar-refractivity contribution in [3.63, 3.8) is 0 Å². The summed E-state index contributed by atoms with van der Waals surface area (Å²) < 4.78 is 24.3. The topological polar surface area (TPSA) is 148 Å². The lowest BCUT2D eigenvalue weighted by Crippen LogP contribution is -2.32. The number of nitrogens with zero attached hydrogens (tertiary/aromatic N) is 4. The second-order valence-corrected chi connectivity index (χ2v) is 6.09. The van der Waals surface area contributed by atoms with Crippen molar-refractivity contribution in [2.24, 2.45) is 0 Å². The fourth-order valence-corrected chi connectivity index (χ4v) is 3.04. The molecule has 2 aromatic heterocycles. The van der Waals surface area contributed by atoms with Gasteiger partial charge in [0.05, 0.1) is 19.2 Å². The van der Waals surface area contributed by atoms with E-state index < -0.39 is 17.6 Å². The summed E-state index contributed by atoms with van der Waals surface area (Å²) in [6.07, 6.45) is 0.501. The Morgan fingerprint density at radius 2 is 2.21 bits per heavy atom. The van der Waals surface area contributed by atoms with Gasteiger partial charge in [0.15, 0.2) is 5.69 Å². The number of anilines is 1. The van der Waals surface area contributed by atoms with Crippen LogP contribution in [0.3, 0.4) is 0 Å². The number of hydrogen-bond acceptors (Lipinski definition) is 9. The predicted octanol–water partition coefficient (Wildman–Crippen LogP) is -0.309. The molecule has 12 heteroatoms. The number of aliphatic hydroxyl groups is 1. The molecule has 11 nitrogen and oxygen atoms in total. The normalized spacial score (nSPS) is 15.0. The van der Waals surface area contributed by atoms with E-state index in [1.54, 1.807) is 6.07 Å². The maximum absolute atomic E-state index is 13.6. The van der Waals surface area contributed by atoms with Crippen molar-refractivity contribution in [2.75, 3.05) is 25.0 Å². The molecule has 3 aromatic rings. The summed E-state index contributed by atoms with van der Waals surface area (Å²) in [5, 5.41) is 25.1. The van der Waals surface area contributed by atoms with E-state index in [-0.39, 0.29) is 42.9 Å². The number of carbonyl (C=O) groups is 1. The number of aromatic nitrogens is 4. The fraction of sp³-hybridized carbons (Fsp3) is 0.312. The molecule has 0 saturated heterocycles. The fourth-order valence-electron chi connectivity index (χ4n) is 3.04. The van der Waals surface area contributed by atoms with E-state index in [1.165, 1.54) is 16.7 Å². The van der Waals surface area contributed by atoms with Gasteiger partial charge in [-0.25, -0.2) is 18.4 Å². The Kier molecular flexibility index (Phi) is 4.61. The predicted molar refractivity (Wildman–Crippen MR) is 90.9 cm³/mol. The van der Waals surface area contributed by atoms with Crippen molar-refractivity contribution in [1.29, 1.82) is 0 Å². The van der Waals surface area contributed by atoms with Crippen LogP contribution in [0.4, 0.5) is 10.2 Å². The van der Waals surface area contributed by atoms with Gasteiger partial charge in [-0.2, -0.15) is 0 Å². The minimum absolute atomic E-state index is 0.0458. The lowest BCUT2D eigenvalue weighted by molar-refractivity contribution is -0.119. The minimum atomic E-state index is -0.732. The first kappa shape index (κ1) is 17.9. The average Bonchev–Trinajstić information content (AvgIpc) is 3.28. The molecule has 0 unspecified atom stereocenters. The monoisotopic (exact) mass is 390 g/mol. The molecule has 0 saturated carbocycles. The zero-order valence-corrected chi connectivity index (χ0v) is 14.4. The van der Waals surface area contributed by atoms with Gasteiger partial charge in [-0.1, -0.05) is 11.2 Å². The van der Waals surface area contributed by atoms with Crippen molar-refractivity contribution >= 4 is 11.7 Å². The summed E-state index contributed by atoms with van der Waals surface area (Å²) in [6.45, 7) is -0.233. The SMILES string of the molecule is O=C(CNc1nonc1-c1noc(=O)n1[C@H]1Cc2ccc(F)cc21)NCCO. The summed E-state index contributed by atoms with van der Waals surface area (Å²) >= 11 is 0. The van der Waals surface area contributed by atoms with Crippen LogP contribution >= 0.6 is 0 Å². The van der Waals surface area contributed by atoms with Crippen LogP contribution in [0, 0.1) is 5.82 Å². The average molecular weight is 390 g/mol. The maximum Gasteiger partial charge on any atom is 0.442 e. The van der Waals surface area contributed by atoms with Crippen LogP contribution in [0.5, 0.6) is 0 Å². The van der Waals surface area contributed by atoms with Crippen molar-refractivity contribution in [2.45, 2.75) is 12.5 Å². The molecule has 3 N–H and O–H groups in total. The van der Waals surface area contributed by atoms with Crippen LogP contribution < -0.4 is 16.4 Å². The third-order valence-corrected chi connectivity index (χ3v) is 4.38. The highest BCUT2D eigenvalue weighted by atomic mass is 19.1. The molecule has 1 aliphatic rings. The molecule has 0 bridgehead atoms. The Hall–Kier alpha value is -3.54. The van der Waals surface area contributed by atoms with Gasteiger partial charge in [-0.05, 0) is 40.0 Å². The van der Waals surface area contributed by atoms with Gasteiger partial charge in [0.25, 0.3) is 0 Å². The number of hydrogen-bond donors (Lipinski definition) is 3. The van der Waals surface area contributed by atoms with E-state index in [1.807, 2.05) is 0 Å². The quantitative estimate of drug-likeness (QED) is 0.494. The maximum atomic E-state index is 13.6. The number of amides is 1. The largest absolute Gasteiger partial charge is 0.442 e. The molecule has 0 aliphatic heterocycles. The molecular weight excluding hydrogens is 375 g/mol. The second-order valence-electron chi connectivity index (χ2n) is 6.09. The zero-order valence-electron chi connectivity index (χ0n) is 14.4. The van der Waals surface area contributed by atoms with Gasteiger partial charge in [0.2, 0.25) is 17.5 Å². The third-order valence-electron chi connectivity index (χ3n) is 4.38. The second kappa shape index (κ2) is 7.23. The number of nitrogens with one attached hydrogen (secondary N) is 2. The molecule has 4 rings (SSSR count). The molecule has 1 amide bonds. The Labute approximate surface area is 156 Å². The van der Waals surface area contributed by atoms with Crippen LogP contribution in [-0.2, 0) is 11.2 Å². The summed E-state index contributed by atoms with van der Waals surface area (Å²) in [5.74, 6) is -1.40. The molecule has 0 fully saturated rings. The standard InChI is InChI=1S/C16H15FN6O5/c17-9-2-1-8-5-11(10(8)6-9)23-15(22-27-16(23)26)13-14(21-28-20-13)19-7-12(25)18-3-4-24/h1-2,6,11,24H,3-5,7H2,(H,18,25)(H,19,21)/t11-/m0/s1. The highest BCUT2D eigenvalue weighted by Crippen LogP contribution is 2.38. The van der Waals surface area contributed by atoms with Crippen LogP contribution in [-0.4, -0.2) is 50.7 Å². The van der Waals surface area contributed by atoms with E-state index in [4.69, 9.17) is 14.3 Å².